The first-order chi connectivity index (χ1) is 14.1. The Hall–Kier alpha value is -3.26. The van der Waals surface area contributed by atoms with Gasteiger partial charge in [-0.3, -0.25) is 4.79 Å². The standard InChI is InChI=1S/C21H21N5O2S/c1-14-17(15(2)26(24-14)16-7-4-3-5-8-16)13-22-19(27)10-11-20-23-21(25-28-20)18-9-6-12-29-18/h3-9,12H,10-11,13H2,1-2H3,(H,22,27). The molecule has 0 saturated heterocycles. The second kappa shape index (κ2) is 8.40. The van der Waals surface area contributed by atoms with Crippen LogP contribution in [0.25, 0.3) is 16.4 Å². The third kappa shape index (κ3) is 4.27. The first-order valence-corrected chi connectivity index (χ1v) is 10.2. The summed E-state index contributed by atoms with van der Waals surface area (Å²) < 4.78 is 7.15. The summed E-state index contributed by atoms with van der Waals surface area (Å²) in [6, 6.07) is 13.8. The molecular formula is C21H21N5O2S. The number of thiophene rings is 1. The van der Waals surface area contributed by atoms with Crippen molar-refractivity contribution in [1.29, 1.82) is 0 Å². The molecule has 0 radical (unpaired) electrons. The van der Waals surface area contributed by atoms with Gasteiger partial charge in [-0.1, -0.05) is 29.4 Å². The topological polar surface area (TPSA) is 85.8 Å². The maximum atomic E-state index is 12.3. The lowest BCUT2D eigenvalue weighted by atomic mass is 10.2. The second-order valence-corrected chi connectivity index (χ2v) is 7.61. The van der Waals surface area contributed by atoms with Crippen LogP contribution >= 0.6 is 11.3 Å². The zero-order valence-corrected chi connectivity index (χ0v) is 17.1. The van der Waals surface area contributed by atoms with Gasteiger partial charge < -0.3 is 9.84 Å². The van der Waals surface area contributed by atoms with Crippen molar-refractivity contribution in [2.24, 2.45) is 0 Å². The van der Waals surface area contributed by atoms with Gasteiger partial charge in [0.05, 0.1) is 16.3 Å². The molecule has 0 aliphatic rings. The molecule has 29 heavy (non-hydrogen) atoms. The lowest BCUT2D eigenvalue weighted by molar-refractivity contribution is -0.121. The van der Waals surface area contributed by atoms with Crippen molar-refractivity contribution in [3.8, 4) is 16.4 Å². The number of para-hydroxylation sites is 1. The highest BCUT2D eigenvalue weighted by atomic mass is 32.1. The van der Waals surface area contributed by atoms with E-state index in [1.807, 2.05) is 66.4 Å². The number of benzene rings is 1. The molecule has 3 heterocycles. The minimum atomic E-state index is -0.0628. The number of nitrogens with one attached hydrogen (secondary N) is 1. The monoisotopic (exact) mass is 407 g/mol. The van der Waals surface area contributed by atoms with Gasteiger partial charge in [0, 0.05) is 30.6 Å². The largest absolute Gasteiger partial charge is 0.352 e. The summed E-state index contributed by atoms with van der Waals surface area (Å²) in [6.07, 6.45) is 0.697. The van der Waals surface area contributed by atoms with Crippen LogP contribution in [0.2, 0.25) is 0 Å². The maximum Gasteiger partial charge on any atom is 0.227 e. The van der Waals surface area contributed by atoms with Crippen LogP contribution in [0.3, 0.4) is 0 Å². The van der Waals surface area contributed by atoms with Gasteiger partial charge in [0.1, 0.15) is 0 Å². The molecule has 0 saturated carbocycles. The number of aryl methyl sites for hydroxylation is 2. The van der Waals surface area contributed by atoms with Crippen LogP contribution in [0.4, 0.5) is 0 Å². The van der Waals surface area contributed by atoms with Crippen molar-refractivity contribution in [3.05, 3.63) is 70.7 Å². The SMILES string of the molecule is Cc1nn(-c2ccccc2)c(C)c1CNC(=O)CCc1nc(-c2cccs2)no1. The fourth-order valence-electron chi connectivity index (χ4n) is 3.11. The van der Waals surface area contributed by atoms with E-state index in [1.54, 1.807) is 11.3 Å². The van der Waals surface area contributed by atoms with E-state index in [-0.39, 0.29) is 12.3 Å². The highest BCUT2D eigenvalue weighted by Crippen LogP contribution is 2.21. The van der Waals surface area contributed by atoms with Gasteiger partial charge in [-0.15, -0.1) is 11.3 Å². The van der Waals surface area contributed by atoms with Crippen LogP contribution in [0, 0.1) is 13.8 Å². The van der Waals surface area contributed by atoms with Gasteiger partial charge in [-0.05, 0) is 37.4 Å². The van der Waals surface area contributed by atoms with Gasteiger partial charge in [-0.25, -0.2) is 4.68 Å². The number of amides is 1. The van der Waals surface area contributed by atoms with Crippen molar-refractivity contribution in [2.45, 2.75) is 33.2 Å². The normalized spacial score (nSPS) is 11.0. The number of aromatic nitrogens is 4. The zero-order chi connectivity index (χ0) is 20.2. The van der Waals surface area contributed by atoms with Crippen molar-refractivity contribution in [1.82, 2.24) is 25.2 Å². The Morgan fingerprint density at radius 3 is 2.76 bits per heavy atom. The summed E-state index contributed by atoms with van der Waals surface area (Å²) in [7, 11) is 0. The molecule has 0 fully saturated rings. The van der Waals surface area contributed by atoms with Gasteiger partial charge in [0.2, 0.25) is 17.6 Å². The molecular weight excluding hydrogens is 386 g/mol. The number of nitrogens with zero attached hydrogens (tertiary/aromatic N) is 4. The highest BCUT2D eigenvalue weighted by Gasteiger charge is 2.15. The Morgan fingerprint density at radius 2 is 2.00 bits per heavy atom. The number of carbonyl (C=O) groups is 1. The van der Waals surface area contributed by atoms with E-state index < -0.39 is 0 Å². The number of carbonyl (C=O) groups excluding carboxylic acids is 1. The summed E-state index contributed by atoms with van der Waals surface area (Å²) >= 11 is 1.55. The minimum absolute atomic E-state index is 0.0628. The third-order valence-electron chi connectivity index (χ3n) is 4.68. The molecule has 0 bridgehead atoms. The fraction of sp³-hybridized carbons (Fsp3) is 0.238. The predicted octanol–water partition coefficient (Wildman–Crippen LogP) is 3.85. The zero-order valence-electron chi connectivity index (χ0n) is 16.3. The minimum Gasteiger partial charge on any atom is -0.352 e. The van der Waals surface area contributed by atoms with E-state index in [9.17, 15) is 4.79 Å². The molecule has 0 spiro atoms. The number of hydrogen-bond donors (Lipinski definition) is 1. The van der Waals surface area contributed by atoms with Crippen LogP contribution in [-0.2, 0) is 17.8 Å². The lowest BCUT2D eigenvalue weighted by Crippen LogP contribution is -2.23. The van der Waals surface area contributed by atoms with Gasteiger partial charge in [0.25, 0.3) is 0 Å². The molecule has 1 N–H and O–H groups in total. The molecule has 4 aromatic rings. The highest BCUT2D eigenvalue weighted by molar-refractivity contribution is 7.13. The smallest absolute Gasteiger partial charge is 0.227 e. The van der Waals surface area contributed by atoms with Crippen LogP contribution in [-0.4, -0.2) is 25.8 Å². The first kappa shape index (κ1) is 19.1. The van der Waals surface area contributed by atoms with Crippen LogP contribution in [0.5, 0.6) is 0 Å². The molecule has 8 heteroatoms. The average Bonchev–Trinajstić information content (AvgIpc) is 3.47. The molecule has 0 aliphatic heterocycles. The molecule has 3 aromatic heterocycles. The van der Waals surface area contributed by atoms with E-state index in [0.29, 0.717) is 24.7 Å². The molecule has 7 nitrogen and oxygen atoms in total. The quantitative estimate of drug-likeness (QED) is 0.503. The van der Waals surface area contributed by atoms with Gasteiger partial charge >= 0.3 is 0 Å². The summed E-state index contributed by atoms with van der Waals surface area (Å²) in [5.74, 6) is 0.968. The van der Waals surface area contributed by atoms with E-state index in [0.717, 1.165) is 27.5 Å². The summed E-state index contributed by atoms with van der Waals surface area (Å²) in [5, 5.41) is 13.5. The van der Waals surface area contributed by atoms with Crippen molar-refractivity contribution in [2.75, 3.05) is 0 Å². The Bertz CT molecular complexity index is 1100. The Labute approximate surface area is 172 Å². The second-order valence-electron chi connectivity index (χ2n) is 6.66. The Morgan fingerprint density at radius 1 is 1.17 bits per heavy atom. The van der Waals surface area contributed by atoms with Crippen molar-refractivity contribution in [3.63, 3.8) is 0 Å². The molecule has 0 aliphatic carbocycles. The van der Waals surface area contributed by atoms with Crippen LogP contribution in [0.1, 0.15) is 29.3 Å². The third-order valence-corrected chi connectivity index (χ3v) is 5.55. The average molecular weight is 407 g/mol. The Balaban J connectivity index is 1.34. The molecule has 1 amide bonds. The molecule has 0 atom stereocenters. The first-order valence-electron chi connectivity index (χ1n) is 9.35. The van der Waals surface area contributed by atoms with E-state index in [1.165, 1.54) is 0 Å². The predicted molar refractivity (Wildman–Crippen MR) is 111 cm³/mol. The summed E-state index contributed by atoms with van der Waals surface area (Å²) in [5.41, 5.74) is 3.96. The van der Waals surface area contributed by atoms with Crippen molar-refractivity contribution < 1.29 is 9.32 Å². The van der Waals surface area contributed by atoms with E-state index >= 15 is 0 Å². The molecule has 0 unspecified atom stereocenters. The fourth-order valence-corrected chi connectivity index (χ4v) is 3.76. The Kier molecular flexibility index (Phi) is 5.53. The van der Waals surface area contributed by atoms with Crippen LogP contribution < -0.4 is 5.32 Å². The molecule has 1 aromatic carbocycles. The number of rotatable bonds is 7. The van der Waals surface area contributed by atoms with E-state index in [2.05, 4.69) is 20.6 Å². The van der Waals surface area contributed by atoms with Gasteiger partial charge in [0.15, 0.2) is 0 Å². The summed E-state index contributed by atoms with van der Waals surface area (Å²) in [4.78, 5) is 17.6. The molecule has 148 valence electrons. The number of hydrogen-bond acceptors (Lipinski definition) is 6. The van der Waals surface area contributed by atoms with Crippen LogP contribution in [0.15, 0.2) is 52.4 Å². The molecule has 4 rings (SSSR count). The lowest BCUT2D eigenvalue weighted by Gasteiger charge is -2.07. The van der Waals surface area contributed by atoms with E-state index in [4.69, 9.17) is 4.52 Å². The summed E-state index contributed by atoms with van der Waals surface area (Å²) in [6.45, 7) is 4.41. The van der Waals surface area contributed by atoms with Gasteiger partial charge in [-0.2, -0.15) is 10.1 Å². The maximum absolute atomic E-state index is 12.3. The van der Waals surface area contributed by atoms with Crippen molar-refractivity contribution >= 4 is 17.2 Å².